The first-order valence-corrected chi connectivity index (χ1v) is 13.5. The number of nitrogens with two attached hydrogens (primary N) is 1. The van der Waals surface area contributed by atoms with Gasteiger partial charge in [-0.3, -0.25) is 0 Å². The molecule has 3 aromatic rings. The molecule has 2 aromatic carbocycles. The largest absolute Gasteiger partial charge is 0.497 e. The first-order chi connectivity index (χ1) is 17.6. The van der Waals surface area contributed by atoms with Crippen LogP contribution in [0.4, 0.5) is 11.6 Å². The number of nitrogens with zero attached hydrogens (tertiary/aromatic N) is 4. The minimum Gasteiger partial charge on any atom is -0.497 e. The van der Waals surface area contributed by atoms with Crippen LogP contribution < -0.4 is 15.4 Å². The highest BCUT2D eigenvalue weighted by Gasteiger charge is 2.31. The molecule has 4 rings (SSSR count). The van der Waals surface area contributed by atoms with E-state index < -0.39 is 16.0 Å². The number of halogens is 1. The summed E-state index contributed by atoms with van der Waals surface area (Å²) in [7, 11) is -2.17. The third-order valence-corrected chi connectivity index (χ3v) is 8.27. The lowest BCUT2D eigenvalue weighted by atomic mass is 10.0. The highest BCUT2D eigenvalue weighted by Crippen LogP contribution is 2.30. The number of anilines is 2. The molecule has 0 amide bonds. The van der Waals surface area contributed by atoms with Crippen molar-refractivity contribution in [1.29, 1.82) is 0 Å². The molecule has 2 heterocycles. The first-order valence-electron chi connectivity index (χ1n) is 11.7. The summed E-state index contributed by atoms with van der Waals surface area (Å²) in [5.41, 5.74) is 7.95. The summed E-state index contributed by atoms with van der Waals surface area (Å²) < 4.78 is 38.2. The van der Waals surface area contributed by atoms with Crippen LogP contribution >= 0.6 is 11.6 Å². The minimum absolute atomic E-state index is 0.0906. The van der Waals surface area contributed by atoms with Gasteiger partial charge >= 0.3 is 5.97 Å². The fourth-order valence-electron chi connectivity index (χ4n) is 4.05. The number of benzene rings is 2. The average molecular weight is 546 g/mol. The summed E-state index contributed by atoms with van der Waals surface area (Å²) in [6.45, 7) is 4.87. The molecule has 1 aliphatic heterocycles. The Labute approximate surface area is 221 Å². The molecular weight excluding hydrogens is 518 g/mol. The predicted octanol–water partition coefficient (Wildman–Crippen LogP) is 3.38. The van der Waals surface area contributed by atoms with Crippen LogP contribution in [0, 0.1) is 6.92 Å². The van der Waals surface area contributed by atoms with Crippen molar-refractivity contribution < 1.29 is 22.7 Å². The molecule has 0 saturated carbocycles. The van der Waals surface area contributed by atoms with Gasteiger partial charge < -0.3 is 20.1 Å². The van der Waals surface area contributed by atoms with Crippen molar-refractivity contribution in [2.45, 2.75) is 18.7 Å². The van der Waals surface area contributed by atoms with Crippen LogP contribution in [0.1, 0.15) is 23.0 Å². The molecule has 37 heavy (non-hydrogen) atoms. The number of sulfonamides is 1. The number of aromatic nitrogens is 2. The summed E-state index contributed by atoms with van der Waals surface area (Å²) in [4.78, 5) is 24.1. The second-order valence-corrected chi connectivity index (χ2v) is 10.7. The molecule has 196 valence electrons. The molecule has 0 radical (unpaired) electrons. The number of carbonyl (C=O) groups excluding carboxylic acids is 1. The third kappa shape index (κ3) is 5.48. The van der Waals surface area contributed by atoms with E-state index in [1.165, 1.54) is 22.5 Å². The zero-order valence-corrected chi connectivity index (χ0v) is 22.3. The van der Waals surface area contributed by atoms with Gasteiger partial charge in [0.15, 0.2) is 0 Å². The summed E-state index contributed by atoms with van der Waals surface area (Å²) in [6.07, 6.45) is 0. The number of carbonyl (C=O) groups is 1. The SMILES string of the molecule is CCOC(=O)c1c(C)nc(N2CCN(S(=O)(=O)c3ccc(N)c(Cl)c3)CC2)nc1-c1ccc(OC)cc1. The molecular formula is C25H28ClN5O5S. The van der Waals surface area contributed by atoms with E-state index in [-0.39, 0.29) is 35.2 Å². The van der Waals surface area contributed by atoms with Crippen molar-refractivity contribution in [3.05, 3.63) is 58.7 Å². The summed E-state index contributed by atoms with van der Waals surface area (Å²) in [5.74, 6) is 0.576. The van der Waals surface area contributed by atoms with Gasteiger partial charge in [0.05, 0.1) is 40.7 Å². The Hall–Kier alpha value is -3.41. The number of rotatable bonds is 7. The van der Waals surface area contributed by atoms with E-state index in [2.05, 4.69) is 4.98 Å². The Morgan fingerprint density at radius 2 is 1.76 bits per heavy atom. The molecule has 0 atom stereocenters. The van der Waals surface area contributed by atoms with Crippen LogP contribution in [-0.4, -0.2) is 68.6 Å². The maximum Gasteiger partial charge on any atom is 0.342 e. The molecule has 0 aliphatic carbocycles. The zero-order valence-electron chi connectivity index (χ0n) is 20.8. The molecule has 2 N–H and O–H groups in total. The summed E-state index contributed by atoms with van der Waals surface area (Å²) >= 11 is 6.04. The molecule has 0 bridgehead atoms. The number of hydrogen-bond donors (Lipinski definition) is 1. The molecule has 1 aromatic heterocycles. The van der Waals surface area contributed by atoms with E-state index in [0.717, 1.165) is 0 Å². The summed E-state index contributed by atoms with van der Waals surface area (Å²) in [5, 5.41) is 0.191. The quantitative estimate of drug-likeness (QED) is 0.351. The minimum atomic E-state index is -3.74. The fourth-order valence-corrected chi connectivity index (χ4v) is 5.75. The maximum atomic E-state index is 13.1. The van der Waals surface area contributed by atoms with Crippen molar-refractivity contribution >= 4 is 39.2 Å². The van der Waals surface area contributed by atoms with Gasteiger partial charge in [-0.15, -0.1) is 0 Å². The number of hydrogen-bond acceptors (Lipinski definition) is 9. The lowest BCUT2D eigenvalue weighted by Crippen LogP contribution is -2.49. The Kier molecular flexibility index (Phi) is 7.86. The van der Waals surface area contributed by atoms with Crippen LogP contribution in [0.25, 0.3) is 11.3 Å². The lowest BCUT2D eigenvalue weighted by Gasteiger charge is -2.34. The van der Waals surface area contributed by atoms with E-state index >= 15 is 0 Å². The van der Waals surface area contributed by atoms with Crippen molar-refractivity contribution in [3.8, 4) is 17.0 Å². The van der Waals surface area contributed by atoms with Gasteiger partial charge in [0, 0.05) is 31.7 Å². The van der Waals surface area contributed by atoms with E-state index in [4.69, 9.17) is 31.8 Å². The van der Waals surface area contributed by atoms with Crippen LogP contribution in [0.2, 0.25) is 5.02 Å². The number of nitrogen functional groups attached to an aromatic ring is 1. The summed E-state index contributed by atoms with van der Waals surface area (Å²) in [6, 6.07) is 11.5. The van der Waals surface area contributed by atoms with E-state index in [1.54, 1.807) is 33.1 Å². The Balaban J connectivity index is 1.62. The highest BCUT2D eigenvalue weighted by molar-refractivity contribution is 7.89. The number of esters is 1. The Morgan fingerprint density at radius 3 is 2.35 bits per heavy atom. The molecule has 10 nitrogen and oxygen atoms in total. The number of ether oxygens (including phenoxy) is 2. The molecule has 0 unspecified atom stereocenters. The Morgan fingerprint density at radius 1 is 1.08 bits per heavy atom. The average Bonchev–Trinajstić information content (AvgIpc) is 2.90. The van der Waals surface area contributed by atoms with Crippen LogP contribution in [0.3, 0.4) is 0 Å². The number of methoxy groups -OCH3 is 1. The highest BCUT2D eigenvalue weighted by atomic mass is 35.5. The lowest BCUT2D eigenvalue weighted by molar-refractivity contribution is 0.0525. The van der Waals surface area contributed by atoms with Gasteiger partial charge in [-0.2, -0.15) is 4.31 Å². The van der Waals surface area contributed by atoms with Gasteiger partial charge in [0.1, 0.15) is 11.3 Å². The predicted molar refractivity (Wildman–Crippen MR) is 142 cm³/mol. The van der Waals surface area contributed by atoms with Crippen LogP contribution in [0.15, 0.2) is 47.4 Å². The van der Waals surface area contributed by atoms with Crippen LogP contribution in [-0.2, 0) is 14.8 Å². The fraction of sp³-hybridized carbons (Fsp3) is 0.320. The van der Waals surface area contributed by atoms with E-state index in [9.17, 15) is 13.2 Å². The Bertz CT molecular complexity index is 1410. The van der Waals surface area contributed by atoms with Gasteiger partial charge in [0.2, 0.25) is 16.0 Å². The molecule has 1 fully saturated rings. The van der Waals surface area contributed by atoms with Crippen molar-refractivity contribution in [2.24, 2.45) is 0 Å². The molecule has 1 aliphatic rings. The van der Waals surface area contributed by atoms with Crippen molar-refractivity contribution in [1.82, 2.24) is 14.3 Å². The third-order valence-electron chi connectivity index (χ3n) is 6.05. The molecule has 1 saturated heterocycles. The first kappa shape index (κ1) is 26.6. The topological polar surface area (TPSA) is 128 Å². The van der Waals surface area contributed by atoms with Gasteiger partial charge in [-0.1, -0.05) is 11.6 Å². The van der Waals surface area contributed by atoms with Gasteiger partial charge in [-0.05, 0) is 56.3 Å². The number of piperazine rings is 1. The smallest absolute Gasteiger partial charge is 0.342 e. The maximum absolute atomic E-state index is 13.1. The van der Waals surface area contributed by atoms with Crippen molar-refractivity contribution in [2.75, 3.05) is 50.5 Å². The van der Waals surface area contributed by atoms with Crippen molar-refractivity contribution in [3.63, 3.8) is 0 Å². The number of aryl methyl sites for hydroxylation is 1. The standard InChI is InChI=1S/C25H28ClN5O5S/c1-4-36-24(32)22-16(2)28-25(29-23(22)17-5-7-18(35-3)8-6-17)30-11-13-31(14-12-30)37(33,34)19-9-10-21(27)20(26)15-19/h5-10,15H,4,11-14,27H2,1-3H3. The monoisotopic (exact) mass is 545 g/mol. The zero-order chi connectivity index (χ0) is 26.7. The molecule has 12 heteroatoms. The van der Waals surface area contributed by atoms with E-state index in [1.807, 2.05) is 17.0 Å². The van der Waals surface area contributed by atoms with E-state index in [0.29, 0.717) is 47.4 Å². The molecule has 0 spiro atoms. The van der Waals surface area contributed by atoms with Gasteiger partial charge in [0.25, 0.3) is 0 Å². The second-order valence-electron chi connectivity index (χ2n) is 8.36. The van der Waals surface area contributed by atoms with Gasteiger partial charge in [-0.25, -0.2) is 23.2 Å². The second kappa shape index (κ2) is 10.9. The normalized spacial score (nSPS) is 14.4. The van der Waals surface area contributed by atoms with Crippen LogP contribution in [0.5, 0.6) is 5.75 Å².